The van der Waals surface area contributed by atoms with Crippen LogP contribution in [0.1, 0.15) is 10.5 Å². The molecule has 0 fully saturated rings. The molecule has 116 valence electrons. The summed E-state index contributed by atoms with van der Waals surface area (Å²) in [6, 6.07) is 9.99. The molecule has 7 heteroatoms. The zero-order valence-corrected chi connectivity index (χ0v) is 13.0. The highest BCUT2D eigenvalue weighted by Gasteiger charge is 2.12. The van der Waals surface area contributed by atoms with Crippen LogP contribution in [0.25, 0.3) is 0 Å². The number of ether oxygens (including phenoxy) is 1. The van der Waals surface area contributed by atoms with Crippen LogP contribution in [0.5, 0.6) is 5.75 Å². The lowest BCUT2D eigenvalue weighted by atomic mass is 10.3. The zero-order valence-electron chi connectivity index (χ0n) is 11.5. The molecule has 2 rings (SSSR count). The molecule has 0 saturated carbocycles. The third kappa shape index (κ3) is 4.59. The third-order valence-electron chi connectivity index (χ3n) is 2.74. The van der Waals surface area contributed by atoms with E-state index in [9.17, 15) is 9.90 Å². The van der Waals surface area contributed by atoms with Gasteiger partial charge in [0.05, 0.1) is 5.02 Å². The summed E-state index contributed by atoms with van der Waals surface area (Å²) in [4.78, 5) is 15.7. The second kappa shape index (κ2) is 7.98. The van der Waals surface area contributed by atoms with Gasteiger partial charge in [-0.1, -0.05) is 35.3 Å². The first-order chi connectivity index (χ1) is 10.6. The standard InChI is InChI=1S/C15H14Cl2N2O3/c16-11-4-3-6-13(14(11)17)22-9-10(20)8-19-15(21)12-5-1-2-7-18-12/h1-7,10,20H,8-9H2,(H,19,21)/t10-/m0/s1. The molecule has 1 amide bonds. The fraction of sp³-hybridized carbons (Fsp3) is 0.200. The van der Waals surface area contributed by atoms with Crippen molar-refractivity contribution in [2.24, 2.45) is 0 Å². The molecule has 1 aromatic heterocycles. The maximum Gasteiger partial charge on any atom is 0.269 e. The van der Waals surface area contributed by atoms with Crippen LogP contribution in [0, 0.1) is 0 Å². The lowest BCUT2D eigenvalue weighted by Crippen LogP contribution is -2.35. The topological polar surface area (TPSA) is 71.5 Å². The Balaban J connectivity index is 1.80. The Labute approximate surface area is 137 Å². The number of amides is 1. The number of aromatic nitrogens is 1. The van der Waals surface area contributed by atoms with E-state index in [-0.39, 0.29) is 29.8 Å². The van der Waals surface area contributed by atoms with Crippen molar-refractivity contribution in [3.63, 3.8) is 0 Å². The molecule has 0 aliphatic heterocycles. The molecule has 0 saturated heterocycles. The summed E-state index contributed by atoms with van der Waals surface area (Å²) >= 11 is 11.8. The first-order valence-corrected chi connectivity index (χ1v) is 7.27. The lowest BCUT2D eigenvalue weighted by molar-refractivity contribution is 0.0840. The lowest BCUT2D eigenvalue weighted by Gasteiger charge is -2.14. The van der Waals surface area contributed by atoms with E-state index >= 15 is 0 Å². The van der Waals surface area contributed by atoms with Crippen LogP contribution in [0.4, 0.5) is 0 Å². The molecule has 5 nitrogen and oxygen atoms in total. The Morgan fingerprint density at radius 1 is 1.27 bits per heavy atom. The van der Waals surface area contributed by atoms with Crippen molar-refractivity contribution in [3.05, 3.63) is 58.3 Å². The summed E-state index contributed by atoms with van der Waals surface area (Å²) in [6.07, 6.45) is 0.637. The Kier molecular flexibility index (Phi) is 6.00. The maximum absolute atomic E-state index is 11.8. The number of benzene rings is 1. The highest BCUT2D eigenvalue weighted by atomic mass is 35.5. The molecule has 0 unspecified atom stereocenters. The molecule has 0 bridgehead atoms. The molecular formula is C15H14Cl2N2O3. The summed E-state index contributed by atoms with van der Waals surface area (Å²) in [5.41, 5.74) is 0.286. The summed E-state index contributed by atoms with van der Waals surface area (Å²) in [7, 11) is 0. The molecule has 0 radical (unpaired) electrons. The minimum Gasteiger partial charge on any atom is -0.489 e. The van der Waals surface area contributed by atoms with Crippen molar-refractivity contribution < 1.29 is 14.6 Å². The highest BCUT2D eigenvalue weighted by Crippen LogP contribution is 2.31. The zero-order chi connectivity index (χ0) is 15.9. The van der Waals surface area contributed by atoms with Gasteiger partial charge in [-0.15, -0.1) is 0 Å². The molecule has 2 aromatic rings. The number of halogens is 2. The van der Waals surface area contributed by atoms with Gasteiger partial charge in [0.15, 0.2) is 0 Å². The molecule has 2 N–H and O–H groups in total. The Hall–Kier alpha value is -1.82. The SMILES string of the molecule is O=C(NC[C@H](O)COc1cccc(Cl)c1Cl)c1ccccn1. The second-order valence-electron chi connectivity index (χ2n) is 4.44. The van der Waals surface area contributed by atoms with Crippen molar-refractivity contribution in [2.45, 2.75) is 6.10 Å². The van der Waals surface area contributed by atoms with Gasteiger partial charge < -0.3 is 15.2 Å². The molecule has 1 aromatic carbocycles. The van der Waals surface area contributed by atoms with E-state index in [0.29, 0.717) is 10.8 Å². The van der Waals surface area contributed by atoms with Crippen molar-refractivity contribution in [3.8, 4) is 5.75 Å². The monoisotopic (exact) mass is 340 g/mol. The molecule has 22 heavy (non-hydrogen) atoms. The van der Waals surface area contributed by atoms with Gasteiger partial charge in [0, 0.05) is 12.7 Å². The Morgan fingerprint density at radius 2 is 2.09 bits per heavy atom. The number of pyridine rings is 1. The van der Waals surface area contributed by atoms with Gasteiger partial charge in [-0.2, -0.15) is 0 Å². The van der Waals surface area contributed by atoms with Crippen molar-refractivity contribution in [1.29, 1.82) is 0 Å². The van der Waals surface area contributed by atoms with E-state index in [1.54, 1.807) is 36.4 Å². The van der Waals surface area contributed by atoms with Gasteiger partial charge >= 0.3 is 0 Å². The van der Waals surface area contributed by atoms with Gasteiger partial charge in [-0.05, 0) is 24.3 Å². The van der Waals surface area contributed by atoms with Crippen LogP contribution in [0.15, 0.2) is 42.6 Å². The van der Waals surface area contributed by atoms with E-state index in [4.69, 9.17) is 27.9 Å². The molecule has 1 heterocycles. The number of nitrogens with one attached hydrogen (secondary N) is 1. The fourth-order valence-corrected chi connectivity index (χ4v) is 1.98. The molecule has 0 spiro atoms. The van der Waals surface area contributed by atoms with Gasteiger partial charge in [0.25, 0.3) is 5.91 Å². The number of carbonyl (C=O) groups excluding carboxylic acids is 1. The normalized spacial score (nSPS) is 11.8. The van der Waals surface area contributed by atoms with Gasteiger partial charge in [-0.3, -0.25) is 9.78 Å². The number of nitrogens with zero attached hydrogens (tertiary/aromatic N) is 1. The van der Waals surface area contributed by atoms with Gasteiger partial charge in [0.2, 0.25) is 0 Å². The average molecular weight is 341 g/mol. The molecule has 1 atom stereocenters. The van der Waals surface area contributed by atoms with Crippen LogP contribution in [0.2, 0.25) is 10.0 Å². The van der Waals surface area contributed by atoms with Crippen LogP contribution in [0.3, 0.4) is 0 Å². The second-order valence-corrected chi connectivity index (χ2v) is 5.23. The summed E-state index contributed by atoms with van der Waals surface area (Å²) in [5, 5.41) is 13.1. The predicted molar refractivity (Wildman–Crippen MR) is 84.5 cm³/mol. The van der Waals surface area contributed by atoms with E-state index < -0.39 is 6.10 Å². The number of hydrogen-bond acceptors (Lipinski definition) is 4. The van der Waals surface area contributed by atoms with Gasteiger partial charge in [-0.25, -0.2) is 0 Å². The molecule has 0 aliphatic rings. The Bertz CT molecular complexity index is 638. The average Bonchev–Trinajstić information content (AvgIpc) is 2.54. The fourth-order valence-electron chi connectivity index (χ4n) is 1.64. The van der Waals surface area contributed by atoms with Crippen LogP contribution in [-0.2, 0) is 0 Å². The minimum atomic E-state index is -0.886. The summed E-state index contributed by atoms with van der Waals surface area (Å²) < 4.78 is 5.38. The smallest absolute Gasteiger partial charge is 0.269 e. The summed E-state index contributed by atoms with van der Waals surface area (Å²) in [5.74, 6) is 0.0182. The number of rotatable bonds is 6. The highest BCUT2D eigenvalue weighted by molar-refractivity contribution is 6.42. The first-order valence-electron chi connectivity index (χ1n) is 6.52. The molecule has 0 aliphatic carbocycles. The van der Waals surface area contributed by atoms with Crippen LogP contribution >= 0.6 is 23.2 Å². The minimum absolute atomic E-state index is 0.0252. The van der Waals surface area contributed by atoms with Gasteiger partial charge in [0.1, 0.15) is 29.2 Å². The number of aliphatic hydroxyl groups is 1. The van der Waals surface area contributed by atoms with Crippen LogP contribution < -0.4 is 10.1 Å². The van der Waals surface area contributed by atoms with E-state index in [1.807, 2.05) is 0 Å². The van der Waals surface area contributed by atoms with Crippen LogP contribution in [-0.4, -0.2) is 35.3 Å². The van der Waals surface area contributed by atoms with E-state index in [1.165, 1.54) is 6.20 Å². The summed E-state index contributed by atoms with van der Waals surface area (Å²) in [6.45, 7) is 0.0101. The van der Waals surface area contributed by atoms with E-state index in [2.05, 4.69) is 10.3 Å². The number of carbonyl (C=O) groups is 1. The predicted octanol–water partition coefficient (Wildman–Crippen LogP) is 2.56. The Morgan fingerprint density at radius 3 is 2.82 bits per heavy atom. The van der Waals surface area contributed by atoms with Crippen molar-refractivity contribution in [1.82, 2.24) is 10.3 Å². The number of hydrogen-bond donors (Lipinski definition) is 2. The maximum atomic E-state index is 11.8. The van der Waals surface area contributed by atoms with Crippen molar-refractivity contribution in [2.75, 3.05) is 13.2 Å². The van der Waals surface area contributed by atoms with Crippen molar-refractivity contribution >= 4 is 29.1 Å². The van der Waals surface area contributed by atoms with E-state index in [0.717, 1.165) is 0 Å². The number of aliphatic hydroxyl groups excluding tert-OH is 1. The molecular weight excluding hydrogens is 327 g/mol. The third-order valence-corrected chi connectivity index (χ3v) is 3.54. The quantitative estimate of drug-likeness (QED) is 0.847. The first kappa shape index (κ1) is 16.5. The largest absolute Gasteiger partial charge is 0.489 e.